The maximum absolute atomic E-state index is 9.93. The summed E-state index contributed by atoms with van der Waals surface area (Å²) >= 11 is 0. The summed E-state index contributed by atoms with van der Waals surface area (Å²) in [5, 5.41) is 21.2. The molecule has 2 N–H and O–H groups in total. The number of hydrogen-bond acceptors (Lipinski definition) is 5. The molecule has 5 heteroatoms. The van der Waals surface area contributed by atoms with Gasteiger partial charge in [0, 0.05) is 6.54 Å². The van der Waals surface area contributed by atoms with Gasteiger partial charge in [0.2, 0.25) is 5.95 Å². The molecule has 1 rings (SSSR count). The van der Waals surface area contributed by atoms with Crippen LogP contribution < -0.4 is 5.32 Å². The molecular formula is C14H26N4O. The number of aryl methyl sites for hydroxylation is 2. The molecule has 1 heterocycles. The van der Waals surface area contributed by atoms with E-state index in [0.29, 0.717) is 12.5 Å². The molecule has 0 aliphatic rings. The Hall–Kier alpha value is -1.23. The van der Waals surface area contributed by atoms with Gasteiger partial charge in [0.25, 0.3) is 0 Å². The first-order valence-electron chi connectivity index (χ1n) is 7.00. The largest absolute Gasteiger partial charge is 0.391 e. The van der Waals surface area contributed by atoms with Crippen LogP contribution in [-0.2, 0) is 12.8 Å². The van der Waals surface area contributed by atoms with Crippen LogP contribution in [0.3, 0.4) is 0 Å². The molecule has 108 valence electrons. The van der Waals surface area contributed by atoms with Crippen molar-refractivity contribution in [2.75, 3.05) is 11.9 Å². The summed E-state index contributed by atoms with van der Waals surface area (Å²) in [5.74, 6) is 0.502. The van der Waals surface area contributed by atoms with E-state index in [0.717, 1.165) is 30.7 Å². The predicted molar refractivity (Wildman–Crippen MR) is 77.2 cm³/mol. The normalized spacial score (nSPS) is 13.4. The zero-order valence-electron chi connectivity index (χ0n) is 12.7. The number of nitrogens with one attached hydrogen (secondary N) is 1. The molecule has 0 saturated carbocycles. The van der Waals surface area contributed by atoms with E-state index in [4.69, 9.17) is 0 Å². The van der Waals surface area contributed by atoms with Crippen LogP contribution in [0, 0.1) is 5.41 Å². The average Bonchev–Trinajstić information content (AvgIpc) is 2.33. The number of aromatic nitrogens is 3. The molecule has 0 bridgehead atoms. The van der Waals surface area contributed by atoms with Gasteiger partial charge in [0.1, 0.15) is 0 Å². The summed E-state index contributed by atoms with van der Waals surface area (Å²) in [7, 11) is 0. The highest BCUT2D eigenvalue weighted by molar-refractivity contribution is 5.25. The third-order valence-corrected chi connectivity index (χ3v) is 2.85. The van der Waals surface area contributed by atoms with Crippen molar-refractivity contribution in [2.45, 2.75) is 60.0 Å². The lowest BCUT2D eigenvalue weighted by Gasteiger charge is -2.22. The van der Waals surface area contributed by atoms with E-state index in [1.165, 1.54) is 0 Å². The van der Waals surface area contributed by atoms with E-state index < -0.39 is 6.10 Å². The quantitative estimate of drug-likeness (QED) is 0.826. The van der Waals surface area contributed by atoms with Crippen LogP contribution in [0.4, 0.5) is 5.95 Å². The molecule has 0 aromatic carbocycles. The molecule has 0 radical (unpaired) electrons. The number of anilines is 1. The fourth-order valence-corrected chi connectivity index (χ4v) is 2.00. The molecule has 0 aliphatic carbocycles. The molecule has 0 amide bonds. The Morgan fingerprint density at radius 3 is 2.26 bits per heavy atom. The average molecular weight is 266 g/mol. The number of rotatable bonds is 6. The highest BCUT2D eigenvalue weighted by atomic mass is 16.3. The van der Waals surface area contributed by atoms with Gasteiger partial charge < -0.3 is 10.4 Å². The smallest absolute Gasteiger partial charge is 0.243 e. The Bertz CT molecular complexity index is 401. The SMILES string of the molecule is CCc1nnc(NCC(O)CC(C)(C)C)nc1CC. The summed E-state index contributed by atoms with van der Waals surface area (Å²) < 4.78 is 0. The van der Waals surface area contributed by atoms with Gasteiger partial charge in [-0.3, -0.25) is 0 Å². The molecule has 1 atom stereocenters. The highest BCUT2D eigenvalue weighted by Gasteiger charge is 2.17. The van der Waals surface area contributed by atoms with Crippen LogP contribution in [-0.4, -0.2) is 32.9 Å². The number of aliphatic hydroxyl groups excluding tert-OH is 1. The molecule has 1 aromatic heterocycles. The molecule has 19 heavy (non-hydrogen) atoms. The van der Waals surface area contributed by atoms with E-state index >= 15 is 0 Å². The Kier molecular flexibility index (Phi) is 5.66. The number of aliphatic hydroxyl groups is 1. The van der Waals surface area contributed by atoms with Gasteiger partial charge in [-0.2, -0.15) is 5.10 Å². The lowest BCUT2D eigenvalue weighted by Crippen LogP contribution is -2.26. The number of hydrogen-bond donors (Lipinski definition) is 2. The maximum atomic E-state index is 9.93. The summed E-state index contributed by atoms with van der Waals surface area (Å²) in [5.41, 5.74) is 2.04. The minimum Gasteiger partial charge on any atom is -0.391 e. The van der Waals surface area contributed by atoms with Crippen molar-refractivity contribution in [1.82, 2.24) is 15.2 Å². The van der Waals surface area contributed by atoms with Crippen molar-refractivity contribution in [3.05, 3.63) is 11.4 Å². The van der Waals surface area contributed by atoms with E-state index in [1.54, 1.807) is 0 Å². The molecule has 0 saturated heterocycles. The third-order valence-electron chi connectivity index (χ3n) is 2.85. The fraction of sp³-hybridized carbons (Fsp3) is 0.786. The van der Waals surface area contributed by atoms with Crippen molar-refractivity contribution in [3.8, 4) is 0 Å². The maximum Gasteiger partial charge on any atom is 0.243 e. The Labute approximate surface area is 115 Å². The van der Waals surface area contributed by atoms with Crippen LogP contribution in [0.5, 0.6) is 0 Å². The summed E-state index contributed by atoms with van der Waals surface area (Å²) in [6, 6.07) is 0. The van der Waals surface area contributed by atoms with Crippen LogP contribution in [0.25, 0.3) is 0 Å². The van der Waals surface area contributed by atoms with Crippen molar-refractivity contribution in [3.63, 3.8) is 0 Å². The lowest BCUT2D eigenvalue weighted by molar-refractivity contribution is 0.132. The molecule has 0 fully saturated rings. The first kappa shape index (κ1) is 15.8. The second-order valence-corrected chi connectivity index (χ2v) is 6.04. The Morgan fingerprint density at radius 2 is 1.74 bits per heavy atom. The van der Waals surface area contributed by atoms with Crippen LogP contribution in [0.1, 0.15) is 52.4 Å². The summed E-state index contributed by atoms with van der Waals surface area (Å²) in [6.07, 6.45) is 2.02. The van der Waals surface area contributed by atoms with Crippen LogP contribution in [0.2, 0.25) is 0 Å². The first-order chi connectivity index (χ1) is 8.85. The monoisotopic (exact) mass is 266 g/mol. The van der Waals surface area contributed by atoms with E-state index in [-0.39, 0.29) is 5.41 Å². The predicted octanol–water partition coefficient (Wildman–Crippen LogP) is 2.21. The molecular weight excluding hydrogens is 240 g/mol. The van der Waals surface area contributed by atoms with Crippen molar-refractivity contribution < 1.29 is 5.11 Å². The van der Waals surface area contributed by atoms with Crippen molar-refractivity contribution in [2.24, 2.45) is 5.41 Å². The standard InChI is InChI=1S/C14H26N4O/c1-6-11-12(7-2)17-18-13(16-11)15-9-10(19)8-14(3,4)5/h10,19H,6-9H2,1-5H3,(H,15,16,18). The molecule has 5 nitrogen and oxygen atoms in total. The van der Waals surface area contributed by atoms with Crippen LogP contribution >= 0.6 is 0 Å². The van der Waals surface area contributed by atoms with Gasteiger partial charge in [-0.25, -0.2) is 4.98 Å². The molecule has 1 aromatic rings. The minimum atomic E-state index is -0.403. The van der Waals surface area contributed by atoms with Gasteiger partial charge in [0.15, 0.2) is 0 Å². The lowest BCUT2D eigenvalue weighted by atomic mass is 9.89. The zero-order chi connectivity index (χ0) is 14.5. The van der Waals surface area contributed by atoms with Gasteiger partial charge in [-0.15, -0.1) is 5.10 Å². The zero-order valence-corrected chi connectivity index (χ0v) is 12.7. The van der Waals surface area contributed by atoms with E-state index in [2.05, 4.69) is 48.2 Å². The number of nitrogens with zero attached hydrogens (tertiary/aromatic N) is 3. The van der Waals surface area contributed by atoms with Gasteiger partial charge in [-0.1, -0.05) is 34.6 Å². The van der Waals surface area contributed by atoms with E-state index in [1.807, 2.05) is 6.92 Å². The second-order valence-electron chi connectivity index (χ2n) is 6.04. The third kappa shape index (κ3) is 5.51. The minimum absolute atomic E-state index is 0.112. The second kappa shape index (κ2) is 6.80. The van der Waals surface area contributed by atoms with Crippen molar-refractivity contribution >= 4 is 5.95 Å². The van der Waals surface area contributed by atoms with E-state index in [9.17, 15) is 5.11 Å². The molecule has 1 unspecified atom stereocenters. The Morgan fingerprint density at radius 1 is 1.11 bits per heavy atom. The molecule has 0 spiro atoms. The summed E-state index contributed by atoms with van der Waals surface area (Å²) in [6.45, 7) is 10.9. The van der Waals surface area contributed by atoms with Gasteiger partial charge in [0.05, 0.1) is 17.5 Å². The van der Waals surface area contributed by atoms with Crippen LogP contribution in [0.15, 0.2) is 0 Å². The van der Waals surface area contributed by atoms with Gasteiger partial charge in [-0.05, 0) is 24.7 Å². The highest BCUT2D eigenvalue weighted by Crippen LogP contribution is 2.20. The van der Waals surface area contributed by atoms with Gasteiger partial charge >= 0.3 is 0 Å². The van der Waals surface area contributed by atoms with Crippen molar-refractivity contribution in [1.29, 1.82) is 0 Å². The molecule has 0 aliphatic heterocycles. The Balaban J connectivity index is 2.58. The topological polar surface area (TPSA) is 70.9 Å². The fourth-order valence-electron chi connectivity index (χ4n) is 2.00. The summed E-state index contributed by atoms with van der Waals surface area (Å²) in [4.78, 5) is 4.43. The first-order valence-corrected chi connectivity index (χ1v) is 7.00.